The summed E-state index contributed by atoms with van der Waals surface area (Å²) >= 11 is 3.42. The van der Waals surface area contributed by atoms with E-state index in [1.54, 1.807) is 6.07 Å². The van der Waals surface area contributed by atoms with Crippen LogP contribution in [0.1, 0.15) is 10.5 Å². The van der Waals surface area contributed by atoms with Crippen LogP contribution in [0.5, 0.6) is 5.75 Å². The van der Waals surface area contributed by atoms with Gasteiger partial charge in [-0.2, -0.15) is 0 Å². The molecule has 0 aliphatic heterocycles. The number of halogens is 1. The third-order valence-corrected chi connectivity index (χ3v) is 5.34. The van der Waals surface area contributed by atoms with E-state index >= 15 is 0 Å². The van der Waals surface area contributed by atoms with E-state index in [4.69, 9.17) is 4.74 Å². The van der Waals surface area contributed by atoms with Crippen molar-refractivity contribution in [1.29, 1.82) is 0 Å². The smallest absolute Gasteiger partial charge is 0.287 e. The van der Waals surface area contributed by atoms with Crippen LogP contribution < -0.4 is 15.6 Å². The van der Waals surface area contributed by atoms with Crippen molar-refractivity contribution in [3.63, 3.8) is 0 Å². The molecule has 0 aliphatic rings. The van der Waals surface area contributed by atoms with Crippen molar-refractivity contribution >= 4 is 38.6 Å². The van der Waals surface area contributed by atoms with Crippen LogP contribution in [-0.2, 0) is 4.79 Å². The molecule has 0 aliphatic carbocycles. The molecule has 1 aromatic heterocycles. The van der Waals surface area contributed by atoms with Gasteiger partial charge in [0.2, 0.25) is 0 Å². The number of para-hydroxylation sites is 2. The van der Waals surface area contributed by atoms with Gasteiger partial charge in [-0.05, 0) is 33.6 Å². The fraction of sp³-hybridized carbons (Fsp3) is 0.0435. The fourth-order valence-electron chi connectivity index (χ4n) is 3.08. The lowest BCUT2D eigenvalue weighted by Gasteiger charge is -2.12. The zero-order valence-electron chi connectivity index (χ0n) is 15.8. The topological polar surface area (TPSA) is 83.2 Å². The van der Waals surface area contributed by atoms with Gasteiger partial charge >= 0.3 is 0 Å². The van der Waals surface area contributed by atoms with E-state index in [2.05, 4.69) is 31.8 Å². The molecule has 7 heteroatoms. The lowest BCUT2D eigenvalue weighted by molar-refractivity contribution is -0.123. The predicted octanol–water partition coefficient (Wildman–Crippen LogP) is 4.44. The van der Waals surface area contributed by atoms with Gasteiger partial charge in [-0.25, -0.2) is 0 Å². The maximum Gasteiger partial charge on any atom is 0.287 e. The second kappa shape index (κ2) is 8.84. The molecule has 0 radical (unpaired) electrons. The Balaban J connectivity index is 1.37. The molecular weight excluding hydrogens is 446 g/mol. The summed E-state index contributed by atoms with van der Waals surface area (Å²) in [5.74, 6) is -0.349. The maximum atomic E-state index is 12.4. The Labute approximate surface area is 181 Å². The summed E-state index contributed by atoms with van der Waals surface area (Å²) in [7, 11) is 0. The fourth-order valence-corrected chi connectivity index (χ4v) is 3.71. The van der Waals surface area contributed by atoms with E-state index in [0.717, 1.165) is 22.0 Å². The molecule has 3 aromatic carbocycles. The molecule has 150 valence electrons. The lowest BCUT2D eigenvalue weighted by Crippen LogP contribution is -2.44. The number of H-pyrrole nitrogens is 1. The molecule has 4 aromatic rings. The first-order valence-corrected chi connectivity index (χ1v) is 10.1. The van der Waals surface area contributed by atoms with Crippen LogP contribution >= 0.6 is 15.9 Å². The number of hydrogen-bond acceptors (Lipinski definition) is 3. The number of benzene rings is 3. The monoisotopic (exact) mass is 463 g/mol. The molecular formula is C23H18BrN3O3. The summed E-state index contributed by atoms with van der Waals surface area (Å²) in [6.07, 6.45) is 0. The van der Waals surface area contributed by atoms with E-state index in [1.807, 2.05) is 72.8 Å². The van der Waals surface area contributed by atoms with Crippen LogP contribution in [0.25, 0.3) is 22.0 Å². The molecule has 1 heterocycles. The Kier molecular flexibility index (Phi) is 5.81. The van der Waals surface area contributed by atoms with Crippen LogP contribution in [0.3, 0.4) is 0 Å². The SMILES string of the molecule is O=C(COc1ccccc1-c1ccccc1)NNC(=O)c1[nH]c2ccccc2c1Br. The largest absolute Gasteiger partial charge is 0.483 e. The average molecular weight is 464 g/mol. The van der Waals surface area contributed by atoms with Crippen molar-refractivity contribution in [1.82, 2.24) is 15.8 Å². The highest BCUT2D eigenvalue weighted by Crippen LogP contribution is 2.29. The minimum Gasteiger partial charge on any atom is -0.483 e. The predicted molar refractivity (Wildman–Crippen MR) is 119 cm³/mol. The summed E-state index contributed by atoms with van der Waals surface area (Å²) in [6, 6.07) is 24.8. The van der Waals surface area contributed by atoms with Gasteiger partial charge in [-0.1, -0.05) is 66.7 Å². The number of aromatic amines is 1. The molecule has 0 bridgehead atoms. The number of carbonyl (C=O) groups excluding carboxylic acids is 2. The molecule has 0 spiro atoms. The standard InChI is InChI=1S/C23H18BrN3O3/c24-21-17-11-4-6-12-18(17)25-22(21)23(29)27-26-20(28)14-30-19-13-7-5-10-16(19)15-8-2-1-3-9-15/h1-13,25H,14H2,(H,26,28)(H,27,29). The molecule has 0 unspecified atom stereocenters. The molecule has 2 amide bonds. The van der Waals surface area contributed by atoms with Gasteiger partial charge in [0.05, 0.1) is 4.47 Å². The highest BCUT2D eigenvalue weighted by molar-refractivity contribution is 9.10. The second-order valence-electron chi connectivity index (χ2n) is 6.51. The average Bonchev–Trinajstić information content (AvgIpc) is 3.13. The Bertz CT molecular complexity index is 1200. The van der Waals surface area contributed by atoms with Crippen molar-refractivity contribution in [3.8, 4) is 16.9 Å². The van der Waals surface area contributed by atoms with E-state index in [0.29, 0.717) is 15.9 Å². The summed E-state index contributed by atoms with van der Waals surface area (Å²) in [5.41, 5.74) is 7.81. The third kappa shape index (κ3) is 4.21. The van der Waals surface area contributed by atoms with E-state index in [9.17, 15) is 9.59 Å². The van der Waals surface area contributed by atoms with E-state index in [-0.39, 0.29) is 6.61 Å². The first-order valence-electron chi connectivity index (χ1n) is 9.26. The van der Waals surface area contributed by atoms with Gasteiger partial charge in [-0.3, -0.25) is 20.4 Å². The number of aromatic nitrogens is 1. The molecule has 0 fully saturated rings. The number of amides is 2. The van der Waals surface area contributed by atoms with Crippen LogP contribution in [0.2, 0.25) is 0 Å². The van der Waals surface area contributed by atoms with Crippen LogP contribution in [-0.4, -0.2) is 23.4 Å². The van der Waals surface area contributed by atoms with Crippen LogP contribution in [0.4, 0.5) is 0 Å². The highest BCUT2D eigenvalue weighted by atomic mass is 79.9. The van der Waals surface area contributed by atoms with Gasteiger partial charge in [-0.15, -0.1) is 0 Å². The summed E-state index contributed by atoms with van der Waals surface area (Å²) < 4.78 is 6.32. The molecule has 3 N–H and O–H groups in total. The summed E-state index contributed by atoms with van der Waals surface area (Å²) in [5, 5.41) is 0.884. The van der Waals surface area contributed by atoms with Gasteiger partial charge < -0.3 is 9.72 Å². The molecule has 30 heavy (non-hydrogen) atoms. The maximum absolute atomic E-state index is 12.4. The molecule has 0 atom stereocenters. The second-order valence-corrected chi connectivity index (χ2v) is 7.31. The quantitative estimate of drug-likeness (QED) is 0.382. The summed E-state index contributed by atoms with van der Waals surface area (Å²) in [4.78, 5) is 27.6. The van der Waals surface area contributed by atoms with Crippen LogP contribution in [0.15, 0.2) is 83.3 Å². The Morgan fingerprint density at radius 3 is 2.37 bits per heavy atom. The Morgan fingerprint density at radius 2 is 1.57 bits per heavy atom. The highest BCUT2D eigenvalue weighted by Gasteiger charge is 2.16. The van der Waals surface area contributed by atoms with Gasteiger partial charge in [0.1, 0.15) is 11.4 Å². The van der Waals surface area contributed by atoms with Crippen molar-refractivity contribution in [2.45, 2.75) is 0 Å². The Hall–Kier alpha value is -3.58. The lowest BCUT2D eigenvalue weighted by atomic mass is 10.1. The zero-order chi connectivity index (χ0) is 20.9. The van der Waals surface area contributed by atoms with E-state index in [1.165, 1.54) is 0 Å². The van der Waals surface area contributed by atoms with Crippen molar-refractivity contribution in [2.75, 3.05) is 6.61 Å². The minimum atomic E-state index is -0.474. The summed E-state index contributed by atoms with van der Waals surface area (Å²) in [6.45, 7) is -0.238. The zero-order valence-corrected chi connectivity index (χ0v) is 17.4. The molecule has 6 nitrogen and oxygen atoms in total. The molecule has 0 saturated heterocycles. The van der Waals surface area contributed by atoms with Crippen LogP contribution in [0, 0.1) is 0 Å². The number of ether oxygens (including phenoxy) is 1. The number of carbonyl (C=O) groups is 2. The number of fused-ring (bicyclic) bond motifs is 1. The molecule has 0 saturated carbocycles. The van der Waals surface area contributed by atoms with Crippen molar-refractivity contribution < 1.29 is 14.3 Å². The minimum absolute atomic E-state index is 0.238. The van der Waals surface area contributed by atoms with Crippen molar-refractivity contribution in [2.24, 2.45) is 0 Å². The van der Waals surface area contributed by atoms with Gasteiger partial charge in [0, 0.05) is 16.5 Å². The number of nitrogens with one attached hydrogen (secondary N) is 3. The first-order chi connectivity index (χ1) is 14.6. The number of hydrogen-bond donors (Lipinski definition) is 3. The van der Waals surface area contributed by atoms with Crippen molar-refractivity contribution in [3.05, 3.63) is 89.0 Å². The normalized spacial score (nSPS) is 10.6. The molecule has 4 rings (SSSR count). The Morgan fingerprint density at radius 1 is 0.867 bits per heavy atom. The first kappa shape index (κ1) is 19.7. The number of hydrazine groups is 1. The van der Waals surface area contributed by atoms with Gasteiger partial charge in [0.25, 0.3) is 11.8 Å². The third-order valence-electron chi connectivity index (χ3n) is 4.52. The van der Waals surface area contributed by atoms with E-state index < -0.39 is 11.8 Å². The van der Waals surface area contributed by atoms with Gasteiger partial charge in [0.15, 0.2) is 6.61 Å². The number of rotatable bonds is 5.